The Kier molecular flexibility index (Phi) is 5.57. The molecule has 0 aliphatic rings. The van der Waals surface area contributed by atoms with E-state index in [1.807, 2.05) is 31.2 Å². The van der Waals surface area contributed by atoms with Gasteiger partial charge >= 0.3 is 0 Å². The largest absolute Gasteiger partial charge is 0.494 e. The molecule has 0 radical (unpaired) electrons. The van der Waals surface area contributed by atoms with Gasteiger partial charge in [0, 0.05) is 12.0 Å². The summed E-state index contributed by atoms with van der Waals surface area (Å²) in [6.45, 7) is 3.24. The summed E-state index contributed by atoms with van der Waals surface area (Å²) in [6.07, 6.45) is 2.48. The average Bonchev–Trinajstić information content (AvgIpc) is 2.34. The van der Waals surface area contributed by atoms with Crippen LogP contribution in [0.15, 0.2) is 24.3 Å². The third-order valence-electron chi connectivity index (χ3n) is 2.36. The number of Topliss-reactive ketones (excluding diaryl/α,β-unsaturated/α-hetero) is 1. The van der Waals surface area contributed by atoms with Crippen LogP contribution in [-0.4, -0.2) is 18.9 Å². The molecule has 2 N–H and O–H groups in total. The fraction of sp³-hybridized carbons (Fsp3) is 0.462. The minimum absolute atomic E-state index is 0.162. The van der Waals surface area contributed by atoms with Gasteiger partial charge in [0.1, 0.15) is 5.75 Å². The lowest BCUT2D eigenvalue weighted by Crippen LogP contribution is -2.03. The molecular weight excluding hydrogens is 202 g/mol. The van der Waals surface area contributed by atoms with Gasteiger partial charge in [0.2, 0.25) is 0 Å². The minimum atomic E-state index is 0.162. The van der Waals surface area contributed by atoms with Crippen LogP contribution in [0.1, 0.15) is 36.5 Å². The Bertz CT molecular complexity index is 319. The number of ketones is 1. The van der Waals surface area contributed by atoms with E-state index in [4.69, 9.17) is 10.5 Å². The first-order valence-electron chi connectivity index (χ1n) is 5.74. The number of nitrogens with two attached hydrogens (primary N) is 1. The van der Waals surface area contributed by atoms with Gasteiger partial charge in [-0.2, -0.15) is 0 Å². The van der Waals surface area contributed by atoms with Crippen molar-refractivity contribution in [2.45, 2.75) is 26.2 Å². The van der Waals surface area contributed by atoms with Crippen LogP contribution in [0, 0.1) is 0 Å². The highest BCUT2D eigenvalue weighted by molar-refractivity contribution is 5.95. The van der Waals surface area contributed by atoms with Crippen LogP contribution in [0.25, 0.3) is 0 Å². The first-order valence-corrected chi connectivity index (χ1v) is 5.74. The highest BCUT2D eigenvalue weighted by atomic mass is 16.5. The number of carbonyl (C=O) groups excluding carboxylic acids is 1. The smallest absolute Gasteiger partial charge is 0.162 e. The van der Waals surface area contributed by atoms with Crippen molar-refractivity contribution in [3.8, 4) is 5.75 Å². The summed E-state index contributed by atoms with van der Waals surface area (Å²) >= 11 is 0. The number of hydrogen-bond acceptors (Lipinski definition) is 3. The van der Waals surface area contributed by atoms with Crippen LogP contribution < -0.4 is 10.5 Å². The van der Waals surface area contributed by atoms with Crippen molar-refractivity contribution in [1.29, 1.82) is 0 Å². The normalized spacial score (nSPS) is 10.1. The van der Waals surface area contributed by atoms with E-state index < -0.39 is 0 Å². The van der Waals surface area contributed by atoms with E-state index in [9.17, 15) is 4.79 Å². The Balaban J connectivity index is 2.42. The van der Waals surface area contributed by atoms with Crippen LogP contribution in [-0.2, 0) is 0 Å². The second kappa shape index (κ2) is 7.01. The number of ether oxygens (including phenoxy) is 1. The summed E-state index contributed by atoms with van der Waals surface area (Å²) in [4.78, 5) is 11.4. The Morgan fingerprint density at radius 3 is 2.50 bits per heavy atom. The monoisotopic (exact) mass is 221 g/mol. The molecule has 0 unspecified atom stereocenters. The molecule has 0 saturated carbocycles. The molecule has 1 aromatic rings. The van der Waals surface area contributed by atoms with Gasteiger partial charge in [-0.1, -0.05) is 6.92 Å². The number of benzene rings is 1. The highest BCUT2D eigenvalue weighted by Gasteiger charge is 2.02. The van der Waals surface area contributed by atoms with Crippen LogP contribution in [0.3, 0.4) is 0 Å². The lowest BCUT2D eigenvalue weighted by molar-refractivity contribution is 0.0988. The van der Waals surface area contributed by atoms with Crippen LogP contribution in [0.5, 0.6) is 5.75 Å². The van der Waals surface area contributed by atoms with E-state index >= 15 is 0 Å². The molecule has 0 aromatic heterocycles. The molecule has 0 aliphatic carbocycles. The average molecular weight is 221 g/mol. The minimum Gasteiger partial charge on any atom is -0.494 e. The maximum atomic E-state index is 11.4. The van der Waals surface area contributed by atoms with Crippen molar-refractivity contribution in [3.05, 3.63) is 29.8 Å². The van der Waals surface area contributed by atoms with Crippen LogP contribution in [0.4, 0.5) is 0 Å². The third-order valence-corrected chi connectivity index (χ3v) is 2.36. The summed E-state index contributed by atoms with van der Waals surface area (Å²) in [5, 5.41) is 0. The van der Waals surface area contributed by atoms with Crippen molar-refractivity contribution in [1.82, 2.24) is 0 Å². The number of rotatable bonds is 7. The molecule has 0 aliphatic heterocycles. The quantitative estimate of drug-likeness (QED) is 0.568. The Morgan fingerprint density at radius 2 is 1.94 bits per heavy atom. The van der Waals surface area contributed by atoms with Crippen molar-refractivity contribution >= 4 is 5.78 Å². The maximum Gasteiger partial charge on any atom is 0.162 e. The maximum absolute atomic E-state index is 11.4. The van der Waals surface area contributed by atoms with E-state index in [0.29, 0.717) is 19.6 Å². The van der Waals surface area contributed by atoms with Crippen LogP contribution in [0.2, 0.25) is 0 Å². The topological polar surface area (TPSA) is 52.3 Å². The summed E-state index contributed by atoms with van der Waals surface area (Å²) in [7, 11) is 0. The number of hydrogen-bond donors (Lipinski definition) is 1. The summed E-state index contributed by atoms with van der Waals surface area (Å²) in [5.41, 5.74) is 6.13. The second-order valence-corrected chi connectivity index (χ2v) is 3.65. The zero-order chi connectivity index (χ0) is 11.8. The molecule has 0 amide bonds. The predicted molar refractivity (Wildman–Crippen MR) is 64.8 cm³/mol. The Hall–Kier alpha value is -1.35. The SMILES string of the molecule is CCC(=O)c1ccc(OCCCCN)cc1. The van der Waals surface area contributed by atoms with Crippen molar-refractivity contribution in [2.75, 3.05) is 13.2 Å². The molecule has 0 bridgehead atoms. The van der Waals surface area contributed by atoms with E-state index in [1.165, 1.54) is 0 Å². The lowest BCUT2D eigenvalue weighted by atomic mass is 10.1. The molecule has 0 saturated heterocycles. The zero-order valence-corrected chi connectivity index (χ0v) is 9.74. The summed E-state index contributed by atoms with van der Waals surface area (Å²) in [5.74, 6) is 0.972. The molecule has 1 aromatic carbocycles. The van der Waals surface area contributed by atoms with Crippen molar-refractivity contribution in [2.24, 2.45) is 5.73 Å². The molecule has 0 atom stereocenters. The van der Waals surface area contributed by atoms with Gasteiger partial charge in [-0.05, 0) is 43.7 Å². The van der Waals surface area contributed by atoms with Crippen molar-refractivity contribution in [3.63, 3.8) is 0 Å². The van der Waals surface area contributed by atoms with E-state index in [-0.39, 0.29) is 5.78 Å². The first-order chi connectivity index (χ1) is 7.77. The van der Waals surface area contributed by atoms with Gasteiger partial charge in [0.25, 0.3) is 0 Å². The van der Waals surface area contributed by atoms with Gasteiger partial charge in [0.05, 0.1) is 6.61 Å². The summed E-state index contributed by atoms with van der Waals surface area (Å²) < 4.78 is 5.51. The number of carbonyl (C=O) groups is 1. The Labute approximate surface area is 96.6 Å². The fourth-order valence-corrected chi connectivity index (χ4v) is 1.38. The molecule has 3 heteroatoms. The van der Waals surface area contributed by atoms with Gasteiger partial charge in [-0.25, -0.2) is 0 Å². The van der Waals surface area contributed by atoms with E-state index in [2.05, 4.69) is 0 Å². The predicted octanol–water partition coefficient (Wildman–Crippen LogP) is 2.40. The second-order valence-electron chi connectivity index (χ2n) is 3.65. The van der Waals surface area contributed by atoms with Gasteiger partial charge in [0.15, 0.2) is 5.78 Å². The van der Waals surface area contributed by atoms with E-state index in [1.54, 1.807) is 0 Å². The third kappa shape index (κ3) is 4.03. The van der Waals surface area contributed by atoms with Crippen LogP contribution >= 0.6 is 0 Å². The van der Waals surface area contributed by atoms with Crippen molar-refractivity contribution < 1.29 is 9.53 Å². The van der Waals surface area contributed by atoms with E-state index in [0.717, 1.165) is 24.2 Å². The molecule has 88 valence electrons. The molecular formula is C13H19NO2. The molecule has 0 fully saturated rings. The first kappa shape index (κ1) is 12.7. The van der Waals surface area contributed by atoms with Gasteiger partial charge < -0.3 is 10.5 Å². The molecule has 1 rings (SSSR count). The zero-order valence-electron chi connectivity index (χ0n) is 9.74. The lowest BCUT2D eigenvalue weighted by Gasteiger charge is -2.06. The van der Waals surface area contributed by atoms with Gasteiger partial charge in [-0.3, -0.25) is 4.79 Å². The Morgan fingerprint density at radius 1 is 1.25 bits per heavy atom. The number of unbranched alkanes of at least 4 members (excludes halogenated alkanes) is 1. The summed E-state index contributed by atoms with van der Waals surface area (Å²) in [6, 6.07) is 7.30. The molecule has 0 spiro atoms. The molecule has 0 heterocycles. The molecule has 3 nitrogen and oxygen atoms in total. The fourth-order valence-electron chi connectivity index (χ4n) is 1.38. The standard InChI is InChI=1S/C13H19NO2/c1-2-13(15)11-5-7-12(8-6-11)16-10-4-3-9-14/h5-8H,2-4,9-10,14H2,1H3. The highest BCUT2D eigenvalue weighted by Crippen LogP contribution is 2.13. The molecule has 16 heavy (non-hydrogen) atoms. The van der Waals surface area contributed by atoms with Gasteiger partial charge in [-0.15, -0.1) is 0 Å².